The van der Waals surface area contributed by atoms with E-state index in [1.807, 2.05) is 12.3 Å². The minimum atomic E-state index is -0.0478. The van der Waals surface area contributed by atoms with Crippen molar-refractivity contribution in [2.75, 3.05) is 45.1 Å². The Bertz CT molecular complexity index is 1150. The average Bonchev–Trinajstić information content (AvgIpc) is 2.71. The number of methoxy groups -OCH3 is 2. The first kappa shape index (κ1) is 20.9. The molecule has 0 bridgehead atoms. The van der Waals surface area contributed by atoms with Crippen molar-refractivity contribution in [1.29, 1.82) is 0 Å². The Kier molecular flexibility index (Phi) is 5.29. The van der Waals surface area contributed by atoms with Crippen LogP contribution in [-0.2, 0) is 4.74 Å². The van der Waals surface area contributed by atoms with Gasteiger partial charge in [0.2, 0.25) is 0 Å². The molecule has 0 radical (unpaired) electrons. The Morgan fingerprint density at radius 2 is 1.77 bits per heavy atom. The largest absolute Gasteiger partial charge is 0.495 e. The third-order valence-corrected chi connectivity index (χ3v) is 7.07. The van der Waals surface area contributed by atoms with Crippen LogP contribution < -0.4 is 14.4 Å². The molecule has 7 nitrogen and oxygen atoms in total. The summed E-state index contributed by atoms with van der Waals surface area (Å²) in [5.74, 6) is 1.68. The number of fused-ring (bicyclic) bond motifs is 1. The summed E-state index contributed by atoms with van der Waals surface area (Å²) in [4.78, 5) is 16.3. The van der Waals surface area contributed by atoms with Crippen LogP contribution in [0.3, 0.4) is 0 Å². The van der Waals surface area contributed by atoms with Crippen LogP contribution in [0.2, 0.25) is 10.0 Å². The molecular weight excluding hydrogens is 459 g/mol. The lowest BCUT2D eigenvalue weighted by Crippen LogP contribution is -2.68. The maximum Gasteiger partial charge on any atom is 0.187 e. The summed E-state index contributed by atoms with van der Waals surface area (Å²) in [7, 11) is 3.10. The third-order valence-electron chi connectivity index (χ3n) is 5.76. The van der Waals surface area contributed by atoms with Crippen LogP contribution in [0.15, 0.2) is 23.5 Å². The first-order valence-corrected chi connectivity index (χ1v) is 11.7. The molecule has 2 aliphatic heterocycles. The number of halogens is 2. The Balaban J connectivity index is 1.70. The van der Waals surface area contributed by atoms with Gasteiger partial charge in [-0.2, -0.15) is 0 Å². The molecule has 2 aromatic heterocycles. The lowest BCUT2D eigenvalue weighted by atomic mass is 9.86. The second-order valence-electron chi connectivity index (χ2n) is 7.55. The van der Waals surface area contributed by atoms with Crippen LogP contribution in [0.25, 0.3) is 22.2 Å². The predicted octanol–water partition coefficient (Wildman–Crippen LogP) is 4.72. The van der Waals surface area contributed by atoms with Crippen molar-refractivity contribution in [3.05, 3.63) is 28.4 Å². The molecule has 2 fully saturated rings. The molecular formula is C21H20Cl2N4O3S. The smallest absolute Gasteiger partial charge is 0.187 e. The SMILES string of the molecule is COc1cc(OC)c(Cl)c(-c2cc3cnc(SC)nc3c(N3CC4(CCO4)C3)n2)c1Cl. The van der Waals surface area contributed by atoms with E-state index in [0.29, 0.717) is 38.0 Å². The van der Waals surface area contributed by atoms with Gasteiger partial charge in [-0.05, 0) is 12.3 Å². The molecule has 162 valence electrons. The van der Waals surface area contributed by atoms with Crippen molar-refractivity contribution in [2.45, 2.75) is 17.2 Å². The molecule has 0 amide bonds. The maximum atomic E-state index is 6.66. The number of hydrogen-bond acceptors (Lipinski definition) is 8. The maximum absolute atomic E-state index is 6.66. The van der Waals surface area contributed by atoms with E-state index in [9.17, 15) is 0 Å². The summed E-state index contributed by atoms with van der Waals surface area (Å²) < 4.78 is 16.7. The Morgan fingerprint density at radius 1 is 1.10 bits per heavy atom. The number of benzene rings is 1. The summed E-state index contributed by atoms with van der Waals surface area (Å²) in [5, 5.41) is 2.28. The van der Waals surface area contributed by atoms with Gasteiger partial charge in [0.1, 0.15) is 22.6 Å². The summed E-state index contributed by atoms with van der Waals surface area (Å²) >= 11 is 14.8. The summed E-state index contributed by atoms with van der Waals surface area (Å²) in [5.41, 5.74) is 1.89. The van der Waals surface area contributed by atoms with Crippen LogP contribution in [0.1, 0.15) is 6.42 Å². The fourth-order valence-electron chi connectivity index (χ4n) is 4.00. The molecule has 2 saturated heterocycles. The van der Waals surface area contributed by atoms with Crippen molar-refractivity contribution < 1.29 is 14.2 Å². The minimum absolute atomic E-state index is 0.0478. The van der Waals surface area contributed by atoms with Crippen molar-refractivity contribution in [2.24, 2.45) is 0 Å². The molecule has 4 heterocycles. The van der Waals surface area contributed by atoms with Gasteiger partial charge >= 0.3 is 0 Å². The highest BCUT2D eigenvalue weighted by molar-refractivity contribution is 7.98. The lowest BCUT2D eigenvalue weighted by molar-refractivity contribution is -0.161. The van der Waals surface area contributed by atoms with Crippen molar-refractivity contribution in [3.8, 4) is 22.8 Å². The van der Waals surface area contributed by atoms with Crippen LogP contribution in [0.5, 0.6) is 11.5 Å². The van der Waals surface area contributed by atoms with Gasteiger partial charge in [-0.25, -0.2) is 15.0 Å². The Morgan fingerprint density at radius 3 is 2.32 bits per heavy atom. The van der Waals surface area contributed by atoms with Gasteiger partial charge in [0.15, 0.2) is 11.0 Å². The van der Waals surface area contributed by atoms with E-state index in [-0.39, 0.29) is 5.60 Å². The molecule has 0 saturated carbocycles. The van der Waals surface area contributed by atoms with Crippen molar-refractivity contribution >= 4 is 51.7 Å². The standard InChI is InChI=1S/C21H20Cl2N4O3S/c1-28-13-7-14(29-2)17(23)15(16(13)22)12-6-11-8-24-20(31-3)26-18(11)19(25-12)27-9-21(10-27)4-5-30-21/h6-8H,4-5,9-10H2,1-3H3. The Labute approximate surface area is 194 Å². The van der Waals surface area contributed by atoms with Crippen LogP contribution in [0, 0.1) is 0 Å². The zero-order chi connectivity index (χ0) is 21.8. The number of hydrogen-bond donors (Lipinski definition) is 0. The van der Waals surface area contributed by atoms with E-state index in [1.54, 1.807) is 26.5 Å². The van der Waals surface area contributed by atoms with Crippen LogP contribution >= 0.6 is 35.0 Å². The number of anilines is 1. The van der Waals surface area contributed by atoms with Gasteiger partial charge in [-0.15, -0.1) is 0 Å². The highest BCUT2D eigenvalue weighted by atomic mass is 35.5. The van der Waals surface area contributed by atoms with Crippen LogP contribution in [0.4, 0.5) is 5.82 Å². The average molecular weight is 479 g/mol. The van der Waals surface area contributed by atoms with Crippen LogP contribution in [-0.4, -0.2) is 60.7 Å². The zero-order valence-electron chi connectivity index (χ0n) is 17.2. The topological polar surface area (TPSA) is 69.6 Å². The summed E-state index contributed by atoms with van der Waals surface area (Å²) in [6.45, 7) is 2.37. The molecule has 5 rings (SSSR count). The highest BCUT2D eigenvalue weighted by Gasteiger charge is 2.50. The molecule has 0 atom stereocenters. The predicted molar refractivity (Wildman–Crippen MR) is 123 cm³/mol. The first-order valence-electron chi connectivity index (χ1n) is 9.69. The van der Waals surface area contributed by atoms with E-state index in [1.165, 1.54) is 11.8 Å². The van der Waals surface area contributed by atoms with E-state index >= 15 is 0 Å². The molecule has 10 heteroatoms. The fraction of sp³-hybridized carbons (Fsp3) is 0.381. The molecule has 0 N–H and O–H groups in total. The molecule has 3 aromatic rings. The van der Waals surface area contributed by atoms with Gasteiger partial charge in [-0.3, -0.25) is 0 Å². The quantitative estimate of drug-likeness (QED) is 0.385. The number of pyridine rings is 1. The highest BCUT2D eigenvalue weighted by Crippen LogP contribution is 2.47. The van der Waals surface area contributed by atoms with Crippen molar-refractivity contribution in [3.63, 3.8) is 0 Å². The van der Waals surface area contributed by atoms with Gasteiger partial charge < -0.3 is 19.1 Å². The van der Waals surface area contributed by atoms with Crippen molar-refractivity contribution in [1.82, 2.24) is 15.0 Å². The molecule has 31 heavy (non-hydrogen) atoms. The Hall–Kier alpha value is -2.00. The first-order chi connectivity index (χ1) is 15.0. The third kappa shape index (κ3) is 3.36. The number of rotatable bonds is 5. The monoisotopic (exact) mass is 478 g/mol. The number of aromatic nitrogens is 3. The lowest BCUT2D eigenvalue weighted by Gasteiger charge is -2.55. The van der Waals surface area contributed by atoms with Gasteiger partial charge in [0.05, 0.1) is 49.7 Å². The van der Waals surface area contributed by atoms with Gasteiger partial charge in [-0.1, -0.05) is 35.0 Å². The second kappa shape index (κ2) is 7.85. The number of thioether (sulfide) groups is 1. The number of ether oxygens (including phenoxy) is 3. The molecule has 0 unspecified atom stereocenters. The van der Waals surface area contributed by atoms with Gasteiger partial charge in [0.25, 0.3) is 0 Å². The van der Waals surface area contributed by atoms with Gasteiger partial charge in [0, 0.05) is 29.6 Å². The molecule has 1 aromatic carbocycles. The molecule has 2 aliphatic rings. The minimum Gasteiger partial charge on any atom is -0.495 e. The van der Waals surface area contributed by atoms with E-state index in [0.717, 1.165) is 42.8 Å². The molecule has 1 spiro atoms. The zero-order valence-corrected chi connectivity index (χ0v) is 19.6. The van der Waals surface area contributed by atoms with E-state index < -0.39 is 0 Å². The fourth-order valence-corrected chi connectivity index (χ4v) is 5.04. The summed E-state index contributed by atoms with van der Waals surface area (Å²) in [6, 6.07) is 3.56. The van der Waals surface area contributed by atoms with E-state index in [2.05, 4.69) is 9.88 Å². The normalized spacial score (nSPS) is 16.9. The second-order valence-corrected chi connectivity index (χ2v) is 9.08. The molecule has 0 aliphatic carbocycles. The summed E-state index contributed by atoms with van der Waals surface area (Å²) in [6.07, 6.45) is 4.82. The van der Waals surface area contributed by atoms with E-state index in [4.69, 9.17) is 47.4 Å². The number of nitrogens with zero attached hydrogens (tertiary/aromatic N) is 4.